The van der Waals surface area contributed by atoms with E-state index in [4.69, 9.17) is 15.2 Å². The normalized spacial score (nSPS) is 23.2. The summed E-state index contributed by atoms with van der Waals surface area (Å²) < 4.78 is 11.2. The quantitative estimate of drug-likeness (QED) is 0.737. The van der Waals surface area contributed by atoms with Crippen molar-refractivity contribution in [3.63, 3.8) is 0 Å². The van der Waals surface area contributed by atoms with E-state index in [0.29, 0.717) is 5.92 Å². The Morgan fingerprint density at radius 3 is 2.59 bits per heavy atom. The molecule has 0 unspecified atom stereocenters. The lowest BCUT2D eigenvalue weighted by Crippen LogP contribution is -2.40. The van der Waals surface area contributed by atoms with Crippen molar-refractivity contribution in [2.45, 2.75) is 56.6 Å². The summed E-state index contributed by atoms with van der Waals surface area (Å²) in [6.07, 6.45) is 4.89. The lowest BCUT2D eigenvalue weighted by Gasteiger charge is -2.21. The van der Waals surface area contributed by atoms with Crippen LogP contribution in [0.3, 0.4) is 0 Å². The highest BCUT2D eigenvalue weighted by molar-refractivity contribution is 5.33. The highest BCUT2D eigenvalue weighted by Crippen LogP contribution is 2.39. The Hall–Kier alpha value is -2.04. The molecule has 3 atom stereocenters. The molecule has 3 rings (SSSR count). The number of ether oxygens (including phenoxy) is 2. The Labute approximate surface area is 162 Å². The molecule has 4 heteroatoms. The van der Waals surface area contributed by atoms with Crippen molar-refractivity contribution in [3.8, 4) is 11.5 Å². The number of rotatable bonds is 8. The third kappa shape index (κ3) is 5.24. The predicted octanol–water partition coefficient (Wildman–Crippen LogP) is 4.05. The van der Waals surface area contributed by atoms with E-state index in [1.165, 1.54) is 11.1 Å². The monoisotopic (exact) mass is 369 g/mol. The molecule has 0 aromatic heterocycles. The average Bonchev–Trinajstić information content (AvgIpc) is 3.10. The van der Waals surface area contributed by atoms with Crippen LogP contribution in [0.2, 0.25) is 0 Å². The standard InChI is InChI=1S/C23H31NO3/c1-17(27-22-5-3-4-21(14-22)26-2)6-7-18-8-10-19(11-9-18)20-12-13-23(24,15-20)16-25/h3-5,8-11,14,17,20,25H,6-7,12-13,15-16,24H2,1-2H3/t17-,20+,23-/m0/s1. The summed E-state index contributed by atoms with van der Waals surface area (Å²) in [4.78, 5) is 0. The molecular weight excluding hydrogens is 338 g/mol. The Kier molecular flexibility index (Phi) is 6.40. The Bertz CT molecular complexity index is 731. The van der Waals surface area contributed by atoms with Gasteiger partial charge in [-0.25, -0.2) is 0 Å². The number of aryl methyl sites for hydroxylation is 1. The maximum absolute atomic E-state index is 9.45. The zero-order chi connectivity index (χ0) is 19.3. The van der Waals surface area contributed by atoms with Gasteiger partial charge in [0.1, 0.15) is 11.5 Å². The molecule has 2 aromatic carbocycles. The number of hydrogen-bond acceptors (Lipinski definition) is 4. The minimum atomic E-state index is -0.393. The molecule has 1 saturated carbocycles. The van der Waals surface area contributed by atoms with Crippen molar-refractivity contribution in [2.24, 2.45) is 5.73 Å². The van der Waals surface area contributed by atoms with Crippen molar-refractivity contribution in [1.29, 1.82) is 0 Å². The van der Waals surface area contributed by atoms with Crippen LogP contribution in [0.25, 0.3) is 0 Å². The second-order valence-electron chi connectivity index (χ2n) is 7.85. The van der Waals surface area contributed by atoms with E-state index < -0.39 is 5.54 Å². The largest absolute Gasteiger partial charge is 0.497 e. The SMILES string of the molecule is COc1cccc(O[C@@H](C)CCc2ccc([C@@H]3CC[C@@](N)(CO)C3)cc2)c1. The molecule has 0 aliphatic heterocycles. The molecule has 0 spiro atoms. The van der Waals surface area contributed by atoms with Gasteiger partial charge in [0, 0.05) is 11.6 Å². The van der Waals surface area contributed by atoms with Gasteiger partial charge in [-0.2, -0.15) is 0 Å². The van der Waals surface area contributed by atoms with Crippen molar-refractivity contribution in [3.05, 3.63) is 59.7 Å². The van der Waals surface area contributed by atoms with Crippen LogP contribution < -0.4 is 15.2 Å². The highest BCUT2D eigenvalue weighted by Gasteiger charge is 2.35. The van der Waals surface area contributed by atoms with Gasteiger partial charge in [-0.1, -0.05) is 30.3 Å². The maximum Gasteiger partial charge on any atom is 0.123 e. The fourth-order valence-corrected chi connectivity index (χ4v) is 3.88. The van der Waals surface area contributed by atoms with Gasteiger partial charge < -0.3 is 20.3 Å². The number of benzene rings is 2. The van der Waals surface area contributed by atoms with Crippen LogP contribution in [0.4, 0.5) is 0 Å². The van der Waals surface area contributed by atoms with Gasteiger partial charge in [-0.15, -0.1) is 0 Å². The van der Waals surface area contributed by atoms with Crippen molar-refractivity contribution in [1.82, 2.24) is 0 Å². The van der Waals surface area contributed by atoms with E-state index in [1.54, 1.807) is 7.11 Å². The van der Waals surface area contributed by atoms with E-state index in [-0.39, 0.29) is 12.7 Å². The zero-order valence-electron chi connectivity index (χ0n) is 16.4. The van der Waals surface area contributed by atoms with Crippen LogP contribution in [0.15, 0.2) is 48.5 Å². The van der Waals surface area contributed by atoms with E-state index in [0.717, 1.165) is 43.6 Å². The summed E-state index contributed by atoms with van der Waals surface area (Å²) in [5.41, 5.74) is 8.47. The number of methoxy groups -OCH3 is 1. The van der Waals surface area contributed by atoms with Crippen molar-refractivity contribution in [2.75, 3.05) is 13.7 Å². The molecular formula is C23H31NO3. The first-order valence-corrected chi connectivity index (χ1v) is 9.80. The summed E-state index contributed by atoms with van der Waals surface area (Å²) in [5, 5.41) is 9.45. The molecule has 0 bridgehead atoms. The van der Waals surface area contributed by atoms with Gasteiger partial charge in [0.15, 0.2) is 0 Å². The van der Waals surface area contributed by atoms with E-state index in [2.05, 4.69) is 31.2 Å². The third-order valence-corrected chi connectivity index (χ3v) is 5.63. The van der Waals surface area contributed by atoms with Crippen molar-refractivity contribution >= 4 is 0 Å². The van der Waals surface area contributed by atoms with Crippen LogP contribution in [-0.4, -0.2) is 30.5 Å². The molecule has 1 aliphatic rings. The minimum absolute atomic E-state index is 0.0762. The molecule has 2 aromatic rings. The number of nitrogens with two attached hydrogens (primary N) is 1. The first-order chi connectivity index (χ1) is 13.0. The average molecular weight is 370 g/mol. The number of aliphatic hydroxyl groups is 1. The summed E-state index contributed by atoms with van der Waals surface area (Å²) >= 11 is 0. The van der Waals surface area contributed by atoms with E-state index >= 15 is 0 Å². The molecule has 4 nitrogen and oxygen atoms in total. The molecule has 146 valence electrons. The van der Waals surface area contributed by atoms with Gasteiger partial charge in [-0.3, -0.25) is 0 Å². The van der Waals surface area contributed by atoms with E-state index in [1.807, 2.05) is 24.3 Å². The van der Waals surface area contributed by atoms with Gasteiger partial charge in [0.05, 0.1) is 19.8 Å². The molecule has 3 N–H and O–H groups in total. The summed E-state index contributed by atoms with van der Waals surface area (Å²) in [6.45, 7) is 2.18. The number of hydrogen-bond donors (Lipinski definition) is 2. The van der Waals surface area contributed by atoms with Crippen LogP contribution >= 0.6 is 0 Å². The van der Waals surface area contributed by atoms with Crippen LogP contribution in [0, 0.1) is 0 Å². The van der Waals surface area contributed by atoms with Gasteiger partial charge in [-0.05, 0) is 68.2 Å². The summed E-state index contributed by atoms with van der Waals surface area (Å²) in [6, 6.07) is 16.6. The second-order valence-corrected chi connectivity index (χ2v) is 7.85. The first-order valence-electron chi connectivity index (χ1n) is 9.80. The third-order valence-electron chi connectivity index (χ3n) is 5.63. The van der Waals surface area contributed by atoms with Gasteiger partial charge in [0.2, 0.25) is 0 Å². The maximum atomic E-state index is 9.45. The summed E-state index contributed by atoms with van der Waals surface area (Å²) in [7, 11) is 1.66. The Morgan fingerprint density at radius 2 is 1.93 bits per heavy atom. The molecule has 1 aliphatic carbocycles. The first kappa shape index (κ1) is 19.7. The molecule has 0 saturated heterocycles. The van der Waals surface area contributed by atoms with E-state index in [9.17, 15) is 5.11 Å². The van der Waals surface area contributed by atoms with Gasteiger partial charge in [0.25, 0.3) is 0 Å². The fraction of sp³-hybridized carbons (Fsp3) is 0.478. The smallest absolute Gasteiger partial charge is 0.123 e. The topological polar surface area (TPSA) is 64.7 Å². The number of aliphatic hydroxyl groups excluding tert-OH is 1. The predicted molar refractivity (Wildman–Crippen MR) is 108 cm³/mol. The lowest BCUT2D eigenvalue weighted by molar-refractivity contribution is 0.198. The Morgan fingerprint density at radius 1 is 1.19 bits per heavy atom. The molecule has 0 radical (unpaired) electrons. The molecule has 27 heavy (non-hydrogen) atoms. The molecule has 0 amide bonds. The fourth-order valence-electron chi connectivity index (χ4n) is 3.88. The minimum Gasteiger partial charge on any atom is -0.497 e. The Balaban J connectivity index is 1.50. The molecule has 0 heterocycles. The second kappa shape index (κ2) is 8.77. The summed E-state index contributed by atoms with van der Waals surface area (Å²) in [5.74, 6) is 2.11. The van der Waals surface area contributed by atoms with Crippen molar-refractivity contribution < 1.29 is 14.6 Å². The van der Waals surface area contributed by atoms with Crippen LogP contribution in [0.1, 0.15) is 49.7 Å². The highest BCUT2D eigenvalue weighted by atomic mass is 16.5. The van der Waals surface area contributed by atoms with Crippen LogP contribution in [0.5, 0.6) is 11.5 Å². The lowest BCUT2D eigenvalue weighted by atomic mass is 9.92. The van der Waals surface area contributed by atoms with Gasteiger partial charge >= 0.3 is 0 Å². The zero-order valence-corrected chi connectivity index (χ0v) is 16.4. The molecule has 1 fully saturated rings. The van der Waals surface area contributed by atoms with Crippen LogP contribution in [-0.2, 0) is 6.42 Å².